The summed E-state index contributed by atoms with van der Waals surface area (Å²) in [6.45, 7) is 5.04. The van der Waals surface area contributed by atoms with Gasteiger partial charge in [0.2, 0.25) is 0 Å². The van der Waals surface area contributed by atoms with Gasteiger partial charge in [-0.3, -0.25) is 4.99 Å². The lowest BCUT2D eigenvalue weighted by Gasteiger charge is -2.21. The number of phenolic OH excluding ortho intramolecular Hbond substituents is 1. The van der Waals surface area contributed by atoms with Crippen molar-refractivity contribution in [2.45, 2.75) is 26.7 Å². The molecule has 0 atom stereocenters. The van der Waals surface area contributed by atoms with Crippen molar-refractivity contribution >= 4 is 22.8 Å². The summed E-state index contributed by atoms with van der Waals surface area (Å²) in [7, 11) is 0. The topological polar surface area (TPSA) is 47.9 Å². The highest BCUT2D eigenvalue weighted by Gasteiger charge is 2.26. The fraction of sp³-hybridized carbons (Fsp3) is 0.222. The molecule has 4 heteroatoms. The maximum atomic E-state index is 11.1. The molecule has 31 heavy (non-hydrogen) atoms. The third-order valence-electron chi connectivity index (χ3n) is 6.20. The van der Waals surface area contributed by atoms with E-state index >= 15 is 0 Å². The molecule has 2 aliphatic rings. The van der Waals surface area contributed by atoms with Crippen molar-refractivity contribution in [3.8, 4) is 5.75 Å². The first-order chi connectivity index (χ1) is 15.0. The zero-order valence-corrected chi connectivity index (χ0v) is 18.0. The van der Waals surface area contributed by atoms with Crippen molar-refractivity contribution in [2.75, 3.05) is 16.9 Å². The average molecular weight is 410 g/mol. The van der Waals surface area contributed by atoms with Crippen molar-refractivity contribution < 1.29 is 5.11 Å². The molecule has 0 fully saturated rings. The number of fused-ring (bicyclic) bond motifs is 1. The van der Waals surface area contributed by atoms with Gasteiger partial charge < -0.3 is 15.3 Å². The van der Waals surface area contributed by atoms with Gasteiger partial charge in [0.1, 0.15) is 5.75 Å². The first-order valence-corrected chi connectivity index (χ1v) is 10.8. The Labute approximate surface area is 183 Å². The standard InChI is InChI=1S/C27H27N3O/c1-27(2)15-16-28-26(27)21-9-5-7-19(17-21)13-14-20-8-6-12-24(25(20)31)30-18-29-22-10-3-4-11-23(22)30/h3-12,15-17,29,31H,13-14,18H2,1-2H3. The van der Waals surface area contributed by atoms with Crippen LogP contribution in [0.1, 0.15) is 30.5 Å². The Kier molecular flexibility index (Phi) is 4.78. The van der Waals surface area contributed by atoms with E-state index in [4.69, 9.17) is 0 Å². The van der Waals surface area contributed by atoms with E-state index in [1.54, 1.807) is 0 Å². The molecule has 0 amide bonds. The summed E-state index contributed by atoms with van der Waals surface area (Å²) in [6.07, 6.45) is 5.68. The molecule has 2 heterocycles. The second kappa shape index (κ2) is 7.62. The summed E-state index contributed by atoms with van der Waals surface area (Å²) in [4.78, 5) is 6.72. The van der Waals surface area contributed by atoms with Gasteiger partial charge in [0, 0.05) is 11.6 Å². The molecule has 0 unspecified atom stereocenters. The van der Waals surface area contributed by atoms with Crippen LogP contribution in [-0.4, -0.2) is 17.5 Å². The Hall–Kier alpha value is -3.53. The monoisotopic (exact) mass is 409 g/mol. The largest absolute Gasteiger partial charge is 0.505 e. The summed E-state index contributed by atoms with van der Waals surface area (Å²) < 4.78 is 0. The molecule has 0 radical (unpaired) electrons. The van der Waals surface area contributed by atoms with Crippen LogP contribution < -0.4 is 10.2 Å². The molecule has 0 spiro atoms. The molecular weight excluding hydrogens is 382 g/mol. The molecule has 2 N–H and O–H groups in total. The number of aromatic hydroxyl groups is 1. The number of aliphatic imine (C=N–C) groups is 1. The van der Waals surface area contributed by atoms with Crippen molar-refractivity contribution in [1.29, 1.82) is 0 Å². The van der Waals surface area contributed by atoms with Crippen LogP contribution in [0.25, 0.3) is 0 Å². The molecule has 0 saturated carbocycles. The first kappa shape index (κ1) is 19.4. The molecule has 4 nitrogen and oxygen atoms in total. The van der Waals surface area contributed by atoms with E-state index in [-0.39, 0.29) is 5.41 Å². The lowest BCUT2D eigenvalue weighted by Crippen LogP contribution is -2.20. The molecular formula is C27H27N3O. The van der Waals surface area contributed by atoms with Gasteiger partial charge in [-0.25, -0.2) is 0 Å². The van der Waals surface area contributed by atoms with E-state index in [1.165, 1.54) is 11.1 Å². The number of anilines is 3. The molecule has 0 aromatic heterocycles. The molecule has 156 valence electrons. The summed E-state index contributed by atoms with van der Waals surface area (Å²) in [5, 5.41) is 14.4. The Morgan fingerprint density at radius 2 is 1.77 bits per heavy atom. The number of benzene rings is 3. The highest BCUT2D eigenvalue weighted by atomic mass is 16.3. The van der Waals surface area contributed by atoms with Crippen molar-refractivity contribution in [3.05, 3.63) is 95.7 Å². The quantitative estimate of drug-likeness (QED) is 0.540. The number of allylic oxidation sites excluding steroid dienone is 1. The van der Waals surface area contributed by atoms with Crippen molar-refractivity contribution in [1.82, 2.24) is 0 Å². The number of para-hydroxylation sites is 3. The number of hydrogen-bond acceptors (Lipinski definition) is 4. The molecule has 5 rings (SSSR count). The molecule has 0 aliphatic carbocycles. The Morgan fingerprint density at radius 1 is 0.968 bits per heavy atom. The average Bonchev–Trinajstić information content (AvgIpc) is 3.36. The second-order valence-electron chi connectivity index (χ2n) is 8.78. The summed E-state index contributed by atoms with van der Waals surface area (Å²) in [5.74, 6) is 0.364. The number of nitrogens with zero attached hydrogens (tertiary/aromatic N) is 2. The smallest absolute Gasteiger partial charge is 0.142 e. The Balaban J connectivity index is 1.36. The van der Waals surface area contributed by atoms with Crippen LogP contribution in [0.2, 0.25) is 0 Å². The number of aryl methyl sites for hydroxylation is 2. The van der Waals surface area contributed by atoms with E-state index in [0.717, 1.165) is 41.2 Å². The van der Waals surface area contributed by atoms with E-state index in [2.05, 4.69) is 71.5 Å². The van der Waals surface area contributed by atoms with Crippen molar-refractivity contribution in [3.63, 3.8) is 0 Å². The lowest BCUT2D eigenvalue weighted by atomic mass is 9.84. The van der Waals surface area contributed by atoms with Crippen LogP contribution in [0, 0.1) is 5.41 Å². The summed E-state index contributed by atoms with van der Waals surface area (Å²) in [5.41, 5.74) is 7.49. The summed E-state index contributed by atoms with van der Waals surface area (Å²) in [6, 6.07) is 22.8. The molecule has 0 saturated heterocycles. The predicted molar refractivity (Wildman–Crippen MR) is 128 cm³/mol. The Morgan fingerprint density at radius 3 is 2.61 bits per heavy atom. The van der Waals surface area contributed by atoms with Gasteiger partial charge in [0.05, 0.1) is 29.4 Å². The molecule has 3 aromatic rings. The van der Waals surface area contributed by atoms with Gasteiger partial charge in [-0.1, -0.05) is 62.4 Å². The molecule has 3 aromatic carbocycles. The van der Waals surface area contributed by atoms with Crippen LogP contribution >= 0.6 is 0 Å². The summed E-state index contributed by atoms with van der Waals surface area (Å²) >= 11 is 0. The van der Waals surface area contributed by atoms with E-state index < -0.39 is 0 Å². The predicted octanol–water partition coefficient (Wildman–Crippen LogP) is 6.04. The minimum absolute atomic E-state index is 0.0364. The van der Waals surface area contributed by atoms with Crippen LogP contribution in [0.4, 0.5) is 17.1 Å². The maximum absolute atomic E-state index is 11.1. The highest BCUT2D eigenvalue weighted by molar-refractivity contribution is 6.07. The maximum Gasteiger partial charge on any atom is 0.142 e. The fourth-order valence-electron chi connectivity index (χ4n) is 4.46. The van der Waals surface area contributed by atoms with E-state index in [0.29, 0.717) is 12.4 Å². The van der Waals surface area contributed by atoms with Gasteiger partial charge in [0.15, 0.2) is 0 Å². The van der Waals surface area contributed by atoms with Crippen LogP contribution in [0.3, 0.4) is 0 Å². The second-order valence-corrected chi connectivity index (χ2v) is 8.78. The van der Waals surface area contributed by atoms with Crippen LogP contribution in [0.15, 0.2) is 84.0 Å². The number of rotatable bonds is 5. The number of phenols is 1. The third-order valence-corrected chi connectivity index (χ3v) is 6.20. The van der Waals surface area contributed by atoms with Crippen molar-refractivity contribution in [2.24, 2.45) is 10.4 Å². The molecule has 2 aliphatic heterocycles. The highest BCUT2D eigenvalue weighted by Crippen LogP contribution is 2.41. The van der Waals surface area contributed by atoms with Gasteiger partial charge in [-0.05, 0) is 53.8 Å². The normalized spacial score (nSPS) is 16.2. The Bertz CT molecular complexity index is 1190. The van der Waals surface area contributed by atoms with Gasteiger partial charge >= 0.3 is 0 Å². The zero-order chi connectivity index (χ0) is 21.4. The first-order valence-electron chi connectivity index (χ1n) is 10.8. The molecule has 0 bridgehead atoms. The lowest BCUT2D eigenvalue weighted by molar-refractivity contribution is 0.468. The number of nitrogens with one attached hydrogen (secondary N) is 1. The number of hydrogen-bond donors (Lipinski definition) is 2. The van der Waals surface area contributed by atoms with Gasteiger partial charge in [0.25, 0.3) is 0 Å². The van der Waals surface area contributed by atoms with Crippen LogP contribution in [0.5, 0.6) is 5.75 Å². The minimum atomic E-state index is -0.0364. The van der Waals surface area contributed by atoms with E-state index in [9.17, 15) is 5.11 Å². The van der Waals surface area contributed by atoms with E-state index in [1.807, 2.05) is 36.5 Å². The van der Waals surface area contributed by atoms with Crippen LogP contribution in [-0.2, 0) is 12.8 Å². The van der Waals surface area contributed by atoms with Gasteiger partial charge in [-0.15, -0.1) is 0 Å². The minimum Gasteiger partial charge on any atom is -0.505 e. The fourth-order valence-corrected chi connectivity index (χ4v) is 4.46. The zero-order valence-electron chi connectivity index (χ0n) is 18.0. The van der Waals surface area contributed by atoms with Gasteiger partial charge in [-0.2, -0.15) is 0 Å². The SMILES string of the molecule is CC1(C)C=CN=C1c1cccc(CCc2cccc(N3CNc4ccccc43)c2O)c1. The third kappa shape index (κ3) is 3.59.